The summed E-state index contributed by atoms with van der Waals surface area (Å²) in [5.74, 6) is 0.509. The zero-order chi connectivity index (χ0) is 15.1. The molecule has 21 heavy (non-hydrogen) atoms. The molecule has 1 N–H and O–H groups in total. The number of methoxy groups -OCH3 is 1. The highest BCUT2D eigenvalue weighted by molar-refractivity contribution is 5.92. The van der Waals surface area contributed by atoms with E-state index in [1.165, 1.54) is 0 Å². The first-order valence-electron chi connectivity index (χ1n) is 7.40. The Bertz CT molecular complexity index is 441. The van der Waals surface area contributed by atoms with E-state index in [1.54, 1.807) is 13.2 Å². The maximum absolute atomic E-state index is 11.8. The average molecular weight is 296 g/mol. The summed E-state index contributed by atoms with van der Waals surface area (Å²) >= 11 is 0. The standard InChI is InChI=1S/C14H24N4O3/c1-3-17-5-7-18(8-6-17)11-12-10-13(16-21-12)14(19)15-4-9-20-2/h10H,3-9,11H2,1-2H3,(H,15,19). The van der Waals surface area contributed by atoms with E-state index in [1.807, 2.05) is 0 Å². The van der Waals surface area contributed by atoms with E-state index < -0.39 is 0 Å². The van der Waals surface area contributed by atoms with Gasteiger partial charge in [0.25, 0.3) is 5.91 Å². The molecule has 2 rings (SSSR count). The van der Waals surface area contributed by atoms with E-state index in [-0.39, 0.29) is 5.91 Å². The fraction of sp³-hybridized carbons (Fsp3) is 0.714. The van der Waals surface area contributed by atoms with Crippen LogP contribution in [0.4, 0.5) is 0 Å². The molecular formula is C14H24N4O3. The predicted octanol–water partition coefficient (Wildman–Crippen LogP) is 0.188. The molecule has 1 aromatic rings. The summed E-state index contributed by atoms with van der Waals surface area (Å²) in [6, 6.07) is 1.72. The highest BCUT2D eigenvalue weighted by atomic mass is 16.5. The van der Waals surface area contributed by atoms with Gasteiger partial charge in [-0.05, 0) is 6.54 Å². The topological polar surface area (TPSA) is 70.8 Å². The van der Waals surface area contributed by atoms with Gasteiger partial charge in [0.1, 0.15) is 0 Å². The van der Waals surface area contributed by atoms with Crippen molar-refractivity contribution in [2.75, 3.05) is 53.0 Å². The third kappa shape index (κ3) is 4.80. The number of likely N-dealkylation sites (N-methyl/N-ethyl adjacent to an activating group) is 1. The molecule has 0 aliphatic carbocycles. The minimum Gasteiger partial charge on any atom is -0.383 e. The van der Waals surface area contributed by atoms with Crippen molar-refractivity contribution in [3.8, 4) is 0 Å². The van der Waals surface area contributed by atoms with Crippen molar-refractivity contribution in [2.45, 2.75) is 13.5 Å². The molecule has 0 saturated carbocycles. The number of rotatable bonds is 7. The van der Waals surface area contributed by atoms with E-state index in [4.69, 9.17) is 9.26 Å². The van der Waals surface area contributed by atoms with E-state index in [0.29, 0.717) is 25.4 Å². The Kier molecular flexibility index (Phi) is 6.16. The summed E-state index contributed by atoms with van der Waals surface area (Å²) in [5.41, 5.74) is 0.327. The molecule has 1 fully saturated rings. The van der Waals surface area contributed by atoms with Crippen LogP contribution in [0.25, 0.3) is 0 Å². The molecule has 1 aromatic heterocycles. The second-order valence-corrected chi connectivity index (χ2v) is 5.14. The van der Waals surface area contributed by atoms with Crippen LogP contribution in [-0.2, 0) is 11.3 Å². The SMILES string of the molecule is CCN1CCN(Cc2cc(C(=O)NCCOC)no2)CC1. The van der Waals surface area contributed by atoms with Gasteiger partial charge in [-0.2, -0.15) is 0 Å². The van der Waals surface area contributed by atoms with Crippen molar-refractivity contribution in [1.82, 2.24) is 20.3 Å². The van der Waals surface area contributed by atoms with Crippen LogP contribution in [0.2, 0.25) is 0 Å². The van der Waals surface area contributed by atoms with Crippen LogP contribution in [0, 0.1) is 0 Å². The second kappa shape index (κ2) is 8.11. The maximum Gasteiger partial charge on any atom is 0.273 e. The van der Waals surface area contributed by atoms with Crippen molar-refractivity contribution in [2.24, 2.45) is 0 Å². The molecule has 118 valence electrons. The summed E-state index contributed by atoms with van der Waals surface area (Å²) < 4.78 is 10.1. The monoisotopic (exact) mass is 296 g/mol. The number of amides is 1. The molecule has 0 atom stereocenters. The Morgan fingerprint density at radius 1 is 1.38 bits per heavy atom. The van der Waals surface area contributed by atoms with Gasteiger partial charge in [0.2, 0.25) is 0 Å². The number of carbonyl (C=O) groups excluding carboxylic acids is 1. The van der Waals surface area contributed by atoms with Gasteiger partial charge in [0.05, 0.1) is 13.2 Å². The van der Waals surface area contributed by atoms with Crippen molar-refractivity contribution in [3.05, 3.63) is 17.5 Å². The lowest BCUT2D eigenvalue weighted by molar-refractivity contribution is 0.0927. The molecule has 1 saturated heterocycles. The van der Waals surface area contributed by atoms with Crippen molar-refractivity contribution in [3.63, 3.8) is 0 Å². The first-order chi connectivity index (χ1) is 10.2. The maximum atomic E-state index is 11.8. The van der Waals surface area contributed by atoms with Crippen LogP contribution >= 0.6 is 0 Å². The third-order valence-corrected chi connectivity index (χ3v) is 3.67. The lowest BCUT2D eigenvalue weighted by Gasteiger charge is -2.33. The van der Waals surface area contributed by atoms with Crippen molar-refractivity contribution in [1.29, 1.82) is 0 Å². The van der Waals surface area contributed by atoms with Gasteiger partial charge >= 0.3 is 0 Å². The van der Waals surface area contributed by atoms with Gasteiger partial charge in [-0.15, -0.1) is 0 Å². The average Bonchev–Trinajstić information content (AvgIpc) is 2.97. The lowest BCUT2D eigenvalue weighted by atomic mass is 10.3. The number of nitrogens with one attached hydrogen (secondary N) is 1. The highest BCUT2D eigenvalue weighted by Gasteiger charge is 2.18. The van der Waals surface area contributed by atoms with E-state index in [2.05, 4.69) is 27.2 Å². The fourth-order valence-electron chi connectivity index (χ4n) is 2.34. The summed E-state index contributed by atoms with van der Waals surface area (Å²) in [6.07, 6.45) is 0. The zero-order valence-electron chi connectivity index (χ0n) is 12.8. The first-order valence-corrected chi connectivity index (χ1v) is 7.40. The minimum atomic E-state index is -0.224. The molecule has 1 amide bonds. The molecule has 0 unspecified atom stereocenters. The Morgan fingerprint density at radius 2 is 2.10 bits per heavy atom. The Hall–Kier alpha value is -1.44. The number of nitrogens with zero attached hydrogens (tertiary/aromatic N) is 3. The molecule has 0 radical (unpaired) electrons. The fourth-order valence-corrected chi connectivity index (χ4v) is 2.34. The highest BCUT2D eigenvalue weighted by Crippen LogP contribution is 2.10. The Labute approximate surface area is 125 Å². The zero-order valence-corrected chi connectivity index (χ0v) is 12.8. The van der Waals surface area contributed by atoms with Gasteiger partial charge in [0.15, 0.2) is 11.5 Å². The smallest absolute Gasteiger partial charge is 0.273 e. The van der Waals surface area contributed by atoms with Gasteiger partial charge in [-0.1, -0.05) is 12.1 Å². The van der Waals surface area contributed by atoms with Crippen molar-refractivity contribution >= 4 is 5.91 Å². The first kappa shape index (κ1) is 15.9. The third-order valence-electron chi connectivity index (χ3n) is 3.67. The van der Waals surface area contributed by atoms with E-state index in [0.717, 1.165) is 38.5 Å². The van der Waals surface area contributed by atoms with Crippen LogP contribution < -0.4 is 5.32 Å². The molecule has 0 aromatic carbocycles. The lowest BCUT2D eigenvalue weighted by Crippen LogP contribution is -2.45. The number of carbonyl (C=O) groups is 1. The summed E-state index contributed by atoms with van der Waals surface area (Å²) in [5, 5.41) is 6.55. The predicted molar refractivity (Wildman–Crippen MR) is 78.1 cm³/mol. The summed E-state index contributed by atoms with van der Waals surface area (Å²) in [6.45, 7) is 9.13. The molecule has 0 spiro atoms. The largest absolute Gasteiger partial charge is 0.383 e. The Morgan fingerprint density at radius 3 is 2.76 bits per heavy atom. The van der Waals surface area contributed by atoms with Crippen LogP contribution in [0.1, 0.15) is 23.2 Å². The summed E-state index contributed by atoms with van der Waals surface area (Å²) in [7, 11) is 1.60. The van der Waals surface area contributed by atoms with Gasteiger partial charge in [-0.25, -0.2) is 0 Å². The number of aromatic nitrogens is 1. The van der Waals surface area contributed by atoms with E-state index in [9.17, 15) is 4.79 Å². The second-order valence-electron chi connectivity index (χ2n) is 5.14. The molecule has 2 heterocycles. The molecular weight excluding hydrogens is 272 g/mol. The van der Waals surface area contributed by atoms with Crippen LogP contribution in [0.5, 0.6) is 0 Å². The molecule has 7 nitrogen and oxygen atoms in total. The summed E-state index contributed by atoms with van der Waals surface area (Å²) in [4.78, 5) is 16.5. The number of ether oxygens (including phenoxy) is 1. The number of hydrogen-bond acceptors (Lipinski definition) is 6. The van der Waals surface area contributed by atoms with Crippen LogP contribution in [0.3, 0.4) is 0 Å². The molecule has 1 aliphatic rings. The van der Waals surface area contributed by atoms with Gasteiger partial charge in [-0.3, -0.25) is 9.69 Å². The quantitative estimate of drug-likeness (QED) is 0.724. The number of piperazine rings is 1. The minimum absolute atomic E-state index is 0.224. The van der Waals surface area contributed by atoms with Crippen LogP contribution in [-0.4, -0.2) is 73.8 Å². The van der Waals surface area contributed by atoms with Crippen molar-refractivity contribution < 1.29 is 14.1 Å². The number of hydrogen-bond donors (Lipinski definition) is 1. The van der Waals surface area contributed by atoms with Gasteiger partial charge in [0, 0.05) is 45.9 Å². The molecule has 7 heteroatoms. The molecule has 0 bridgehead atoms. The van der Waals surface area contributed by atoms with E-state index >= 15 is 0 Å². The molecule has 1 aliphatic heterocycles. The normalized spacial score (nSPS) is 17.0. The Balaban J connectivity index is 1.79. The van der Waals surface area contributed by atoms with Gasteiger partial charge < -0.3 is 19.5 Å². The van der Waals surface area contributed by atoms with Crippen LogP contribution in [0.15, 0.2) is 10.6 Å².